The Balaban J connectivity index is 1.99. The zero-order chi connectivity index (χ0) is 16.1. The average molecular weight is 343 g/mol. The number of rotatable bonds is 6. The number of thioether (sulfide) groups is 1. The maximum atomic E-state index is 12.3. The maximum Gasteiger partial charge on any atom is 0.293 e. The maximum absolute atomic E-state index is 12.3. The molecule has 0 spiro atoms. The monoisotopic (exact) mass is 342 g/mol. The Bertz CT molecular complexity index is 579. The first-order chi connectivity index (χ1) is 10.5. The third-order valence-corrected chi connectivity index (χ3v) is 4.32. The van der Waals surface area contributed by atoms with Crippen LogP contribution in [0.2, 0.25) is 5.02 Å². The third-order valence-electron chi connectivity index (χ3n) is 3.03. The van der Waals surface area contributed by atoms with E-state index in [2.05, 4.69) is 5.32 Å². The first kappa shape index (κ1) is 16.8. The summed E-state index contributed by atoms with van der Waals surface area (Å²) in [5.74, 6) is -0.723. The topological polar surface area (TPSA) is 86.7 Å². The molecule has 1 heterocycles. The summed E-state index contributed by atoms with van der Waals surface area (Å²) < 4.78 is 0. The van der Waals surface area contributed by atoms with Gasteiger partial charge in [-0.25, -0.2) is 4.90 Å². The van der Waals surface area contributed by atoms with Crippen molar-refractivity contribution in [3.63, 3.8) is 0 Å². The van der Waals surface area contributed by atoms with Crippen molar-refractivity contribution in [3.05, 3.63) is 29.3 Å². The van der Waals surface area contributed by atoms with Crippen LogP contribution in [0.4, 0.5) is 10.5 Å². The average Bonchev–Trinajstić information content (AvgIpc) is 2.75. The molecule has 1 atom stereocenters. The van der Waals surface area contributed by atoms with Crippen molar-refractivity contribution >= 4 is 46.1 Å². The van der Waals surface area contributed by atoms with Crippen LogP contribution in [-0.4, -0.2) is 40.6 Å². The van der Waals surface area contributed by atoms with Gasteiger partial charge in [0.05, 0.1) is 5.69 Å². The highest BCUT2D eigenvalue weighted by molar-refractivity contribution is 8.15. The van der Waals surface area contributed by atoms with E-state index in [0.717, 1.165) is 16.7 Å². The van der Waals surface area contributed by atoms with Gasteiger partial charge >= 0.3 is 0 Å². The number of anilines is 1. The lowest BCUT2D eigenvalue weighted by atomic mass is 10.2. The van der Waals surface area contributed by atoms with Gasteiger partial charge in [0, 0.05) is 24.6 Å². The summed E-state index contributed by atoms with van der Waals surface area (Å²) in [5.41, 5.74) is 0.440. The van der Waals surface area contributed by atoms with E-state index in [-0.39, 0.29) is 18.9 Å². The number of amides is 3. The van der Waals surface area contributed by atoms with Crippen molar-refractivity contribution in [2.45, 2.75) is 18.1 Å². The molecule has 1 aromatic rings. The van der Waals surface area contributed by atoms with Crippen molar-refractivity contribution < 1.29 is 19.5 Å². The van der Waals surface area contributed by atoms with Crippen LogP contribution >= 0.6 is 23.4 Å². The molecule has 1 saturated heterocycles. The molecule has 2 N–H and O–H groups in total. The highest BCUT2D eigenvalue weighted by atomic mass is 35.5. The van der Waals surface area contributed by atoms with Crippen molar-refractivity contribution in [1.82, 2.24) is 5.32 Å². The molecule has 1 aliphatic heterocycles. The van der Waals surface area contributed by atoms with Crippen LogP contribution in [0.5, 0.6) is 0 Å². The molecule has 22 heavy (non-hydrogen) atoms. The largest absolute Gasteiger partial charge is 0.396 e. The molecule has 1 fully saturated rings. The van der Waals surface area contributed by atoms with E-state index in [9.17, 15) is 14.4 Å². The lowest BCUT2D eigenvalue weighted by Crippen LogP contribution is -2.34. The summed E-state index contributed by atoms with van der Waals surface area (Å²) in [7, 11) is 0. The quantitative estimate of drug-likeness (QED) is 0.770. The summed E-state index contributed by atoms with van der Waals surface area (Å²) in [6.07, 6.45) is 0.387. The number of aliphatic hydroxyl groups excluding tert-OH is 1. The van der Waals surface area contributed by atoms with Gasteiger partial charge in [0.2, 0.25) is 11.8 Å². The molecular formula is C14H15ClN2O4S. The summed E-state index contributed by atoms with van der Waals surface area (Å²) >= 11 is 6.63. The Morgan fingerprint density at radius 1 is 1.32 bits per heavy atom. The molecule has 1 aliphatic rings. The number of hydrogen-bond donors (Lipinski definition) is 2. The molecule has 0 saturated carbocycles. The van der Waals surface area contributed by atoms with Gasteiger partial charge in [0.15, 0.2) is 0 Å². The van der Waals surface area contributed by atoms with Gasteiger partial charge < -0.3 is 10.4 Å². The Kier molecular flexibility index (Phi) is 5.82. The van der Waals surface area contributed by atoms with Gasteiger partial charge in [-0.05, 0) is 42.4 Å². The van der Waals surface area contributed by atoms with Gasteiger partial charge in [0.1, 0.15) is 5.25 Å². The molecule has 1 unspecified atom stereocenters. The molecule has 0 aliphatic carbocycles. The molecule has 0 radical (unpaired) electrons. The SMILES string of the molecule is O=C(CC1SC(=O)N(c2ccc(Cl)cc2)C1=O)NCCCO. The Labute approximate surface area is 136 Å². The van der Waals surface area contributed by atoms with Gasteiger partial charge in [-0.3, -0.25) is 14.4 Å². The van der Waals surface area contributed by atoms with Crippen LogP contribution in [0.15, 0.2) is 24.3 Å². The van der Waals surface area contributed by atoms with Gasteiger partial charge in [0.25, 0.3) is 5.24 Å². The summed E-state index contributed by atoms with van der Waals surface area (Å²) in [6, 6.07) is 6.36. The van der Waals surface area contributed by atoms with E-state index in [0.29, 0.717) is 23.7 Å². The minimum Gasteiger partial charge on any atom is -0.396 e. The molecule has 118 valence electrons. The minimum absolute atomic E-state index is 0.0137. The number of nitrogens with zero attached hydrogens (tertiary/aromatic N) is 1. The van der Waals surface area contributed by atoms with Gasteiger partial charge in [-0.1, -0.05) is 11.6 Å². The lowest BCUT2D eigenvalue weighted by molar-refractivity contribution is -0.124. The van der Waals surface area contributed by atoms with Gasteiger partial charge in [-0.15, -0.1) is 0 Å². The Hall–Kier alpha value is -1.57. The van der Waals surface area contributed by atoms with E-state index in [4.69, 9.17) is 16.7 Å². The second kappa shape index (κ2) is 7.62. The summed E-state index contributed by atoms with van der Waals surface area (Å²) in [6.45, 7) is 0.329. The molecular weight excluding hydrogens is 328 g/mol. The predicted molar refractivity (Wildman–Crippen MR) is 85.0 cm³/mol. The Morgan fingerprint density at radius 3 is 2.64 bits per heavy atom. The minimum atomic E-state index is -0.725. The van der Waals surface area contributed by atoms with Crippen LogP contribution < -0.4 is 10.2 Å². The fourth-order valence-corrected chi connectivity index (χ4v) is 3.07. The number of carbonyl (C=O) groups is 3. The van der Waals surface area contributed by atoms with E-state index in [1.54, 1.807) is 24.3 Å². The predicted octanol–water partition coefficient (Wildman–Crippen LogP) is 1.80. The standard InChI is InChI=1S/C14H15ClN2O4S/c15-9-2-4-10(5-3-9)17-13(20)11(22-14(17)21)8-12(19)16-6-1-7-18/h2-5,11,18H,1,6-8H2,(H,16,19). The van der Waals surface area contributed by atoms with Crippen LogP contribution in [0.1, 0.15) is 12.8 Å². The smallest absolute Gasteiger partial charge is 0.293 e. The summed E-state index contributed by atoms with van der Waals surface area (Å²) in [4.78, 5) is 37.1. The fraction of sp³-hybridized carbons (Fsp3) is 0.357. The van der Waals surface area contributed by atoms with Crippen molar-refractivity contribution in [2.75, 3.05) is 18.1 Å². The second-order valence-electron chi connectivity index (χ2n) is 4.65. The van der Waals surface area contributed by atoms with Crippen LogP contribution in [0, 0.1) is 0 Å². The molecule has 0 bridgehead atoms. The number of carbonyl (C=O) groups excluding carboxylic acids is 3. The number of nitrogens with one attached hydrogen (secondary N) is 1. The van der Waals surface area contributed by atoms with Crippen molar-refractivity contribution in [2.24, 2.45) is 0 Å². The second-order valence-corrected chi connectivity index (χ2v) is 6.24. The number of aliphatic hydroxyl groups is 1. The van der Waals surface area contributed by atoms with Crippen molar-refractivity contribution in [1.29, 1.82) is 0 Å². The lowest BCUT2D eigenvalue weighted by Gasteiger charge is -2.13. The Morgan fingerprint density at radius 2 is 2.00 bits per heavy atom. The molecule has 3 amide bonds. The first-order valence-corrected chi connectivity index (χ1v) is 7.96. The molecule has 8 heteroatoms. The number of halogens is 1. The molecule has 1 aromatic carbocycles. The van der Waals surface area contributed by atoms with E-state index >= 15 is 0 Å². The van der Waals surface area contributed by atoms with E-state index < -0.39 is 16.4 Å². The number of imide groups is 1. The van der Waals surface area contributed by atoms with Crippen LogP contribution in [0.25, 0.3) is 0 Å². The first-order valence-electron chi connectivity index (χ1n) is 6.70. The van der Waals surface area contributed by atoms with Crippen LogP contribution in [0.3, 0.4) is 0 Å². The van der Waals surface area contributed by atoms with Gasteiger partial charge in [-0.2, -0.15) is 0 Å². The fourth-order valence-electron chi connectivity index (χ4n) is 1.96. The van der Waals surface area contributed by atoms with Crippen molar-refractivity contribution in [3.8, 4) is 0 Å². The highest BCUT2D eigenvalue weighted by Crippen LogP contribution is 2.33. The van der Waals surface area contributed by atoms with Crippen LogP contribution in [-0.2, 0) is 9.59 Å². The number of benzene rings is 1. The van der Waals surface area contributed by atoms with E-state index in [1.165, 1.54) is 0 Å². The third kappa shape index (κ3) is 4.00. The summed E-state index contributed by atoms with van der Waals surface area (Å²) in [5, 5.41) is 10.6. The van der Waals surface area contributed by atoms with E-state index in [1.807, 2.05) is 0 Å². The zero-order valence-electron chi connectivity index (χ0n) is 11.6. The number of hydrogen-bond acceptors (Lipinski definition) is 5. The molecule has 6 nitrogen and oxygen atoms in total. The molecule has 0 aromatic heterocycles. The zero-order valence-corrected chi connectivity index (χ0v) is 13.2. The normalized spacial score (nSPS) is 17.9. The molecule has 2 rings (SSSR count). The highest BCUT2D eigenvalue weighted by Gasteiger charge is 2.41.